The summed E-state index contributed by atoms with van der Waals surface area (Å²) >= 11 is 1.33. The Morgan fingerprint density at radius 3 is 2.13 bits per heavy atom. The summed E-state index contributed by atoms with van der Waals surface area (Å²) in [6.45, 7) is 16.4. The summed E-state index contributed by atoms with van der Waals surface area (Å²) in [5.74, 6) is -1.67. The van der Waals surface area contributed by atoms with E-state index in [-0.39, 0.29) is 47.9 Å². The molecular formula is C34H51N3O7S. The van der Waals surface area contributed by atoms with Gasteiger partial charge in [-0.1, -0.05) is 65.0 Å². The Balaban J connectivity index is 2.44. The molecule has 1 aromatic heterocycles. The molecule has 0 aliphatic carbocycles. The van der Waals surface area contributed by atoms with Gasteiger partial charge in [-0.15, -0.1) is 11.3 Å². The number of thiazole rings is 1. The minimum Gasteiger partial charge on any atom is -0.469 e. The third-order valence-electron chi connectivity index (χ3n) is 7.30. The minimum atomic E-state index is -0.789. The highest BCUT2D eigenvalue weighted by Crippen LogP contribution is 2.35. The van der Waals surface area contributed by atoms with Gasteiger partial charge in [0, 0.05) is 37.4 Å². The fourth-order valence-electron chi connectivity index (χ4n) is 5.08. The number of carbonyl (C=O) groups is 4. The third-order valence-corrected chi connectivity index (χ3v) is 8.75. The highest BCUT2D eigenvalue weighted by molar-refractivity contribution is 7.12. The van der Waals surface area contributed by atoms with Crippen molar-refractivity contribution >= 4 is 35.3 Å². The molecule has 2 aromatic rings. The number of esters is 2. The van der Waals surface area contributed by atoms with Crippen LogP contribution in [0.2, 0.25) is 0 Å². The summed E-state index contributed by atoms with van der Waals surface area (Å²) < 4.78 is 16.3. The molecule has 250 valence electrons. The number of nitrogens with one attached hydrogen (secondary N) is 1. The topological polar surface area (TPSA) is 124 Å². The van der Waals surface area contributed by atoms with E-state index in [2.05, 4.69) is 5.32 Å². The van der Waals surface area contributed by atoms with Gasteiger partial charge in [-0.25, -0.2) is 9.78 Å². The first-order valence-electron chi connectivity index (χ1n) is 15.5. The smallest absolute Gasteiger partial charge is 0.410 e. The van der Waals surface area contributed by atoms with E-state index in [9.17, 15) is 19.2 Å². The monoisotopic (exact) mass is 645 g/mol. The van der Waals surface area contributed by atoms with Gasteiger partial charge in [0.25, 0.3) is 5.91 Å². The summed E-state index contributed by atoms with van der Waals surface area (Å²) in [6, 6.07) is 9.04. The van der Waals surface area contributed by atoms with Crippen molar-refractivity contribution in [1.29, 1.82) is 0 Å². The molecule has 2 amide bonds. The lowest BCUT2D eigenvalue weighted by atomic mass is 9.95. The number of hydrogen-bond acceptors (Lipinski definition) is 9. The number of carbonyl (C=O) groups excluding carboxylic acids is 4. The number of ether oxygens (including phenoxy) is 3. The van der Waals surface area contributed by atoms with Crippen LogP contribution in [0, 0.1) is 11.8 Å². The minimum absolute atomic E-state index is 0.00317. The van der Waals surface area contributed by atoms with Crippen LogP contribution in [0.4, 0.5) is 4.79 Å². The lowest BCUT2D eigenvalue weighted by Gasteiger charge is -2.34. The van der Waals surface area contributed by atoms with Crippen molar-refractivity contribution in [2.75, 3.05) is 14.2 Å². The lowest BCUT2D eigenvalue weighted by molar-refractivity contribution is -0.148. The predicted molar refractivity (Wildman–Crippen MR) is 175 cm³/mol. The molecule has 0 aliphatic heterocycles. The van der Waals surface area contributed by atoms with Crippen molar-refractivity contribution in [3.8, 4) is 0 Å². The van der Waals surface area contributed by atoms with Gasteiger partial charge in [0.05, 0.1) is 13.0 Å². The van der Waals surface area contributed by atoms with Crippen LogP contribution in [-0.4, -0.2) is 65.7 Å². The van der Waals surface area contributed by atoms with E-state index in [0.29, 0.717) is 17.8 Å². The van der Waals surface area contributed by atoms with Crippen molar-refractivity contribution < 1.29 is 33.4 Å². The fourth-order valence-corrected chi connectivity index (χ4v) is 6.19. The van der Waals surface area contributed by atoms with Gasteiger partial charge in [0.15, 0.2) is 6.10 Å². The van der Waals surface area contributed by atoms with Gasteiger partial charge in [0.2, 0.25) is 0 Å². The van der Waals surface area contributed by atoms with Gasteiger partial charge in [0.1, 0.15) is 16.3 Å². The average molecular weight is 646 g/mol. The van der Waals surface area contributed by atoms with E-state index in [0.717, 1.165) is 10.4 Å². The molecule has 0 saturated heterocycles. The molecule has 1 aromatic carbocycles. The second kappa shape index (κ2) is 16.7. The number of hydrogen-bond donors (Lipinski definition) is 1. The summed E-state index contributed by atoms with van der Waals surface area (Å²) in [4.78, 5) is 58.3. The number of amides is 2. The second-order valence-corrected chi connectivity index (χ2v) is 14.2. The van der Waals surface area contributed by atoms with Crippen LogP contribution < -0.4 is 5.32 Å². The molecule has 0 spiro atoms. The Bertz CT molecular complexity index is 1290. The van der Waals surface area contributed by atoms with Gasteiger partial charge >= 0.3 is 18.0 Å². The molecule has 2 rings (SSSR count). The van der Waals surface area contributed by atoms with E-state index < -0.39 is 29.7 Å². The summed E-state index contributed by atoms with van der Waals surface area (Å²) in [5, 5.41) is 3.59. The molecule has 0 aliphatic rings. The maximum absolute atomic E-state index is 13.9. The highest BCUT2D eigenvalue weighted by Gasteiger charge is 2.34. The Morgan fingerprint density at radius 2 is 1.62 bits per heavy atom. The van der Waals surface area contributed by atoms with Crippen molar-refractivity contribution in [3.63, 3.8) is 0 Å². The highest BCUT2D eigenvalue weighted by atomic mass is 32.1. The molecule has 0 unspecified atom stereocenters. The first-order chi connectivity index (χ1) is 20.9. The van der Waals surface area contributed by atoms with E-state index in [1.165, 1.54) is 30.3 Å². The number of nitrogens with zero attached hydrogens (tertiary/aromatic N) is 2. The van der Waals surface area contributed by atoms with Crippen LogP contribution >= 0.6 is 11.3 Å². The standard InChI is InChI=1S/C34H51N3O7S/c1-20(2)26(37(10)33(41)44-34(7,8)9)19-27(43-23(6)38)31-36-28(29(45-31)21(3)4)30(39)35-25(17-22(5)32(40)42-11)18-24-15-13-12-14-16-24/h12-16,20-22,25-27H,17-19H2,1-11H3,(H,35,39)/t22-,25+,26+,27+/m0/s1. The maximum Gasteiger partial charge on any atom is 0.410 e. The summed E-state index contributed by atoms with van der Waals surface area (Å²) in [5.41, 5.74) is 0.609. The van der Waals surface area contributed by atoms with Gasteiger partial charge in [-0.05, 0) is 51.0 Å². The molecule has 0 saturated carbocycles. The van der Waals surface area contributed by atoms with E-state index in [1.54, 1.807) is 34.7 Å². The van der Waals surface area contributed by atoms with Crippen LogP contribution in [0.5, 0.6) is 0 Å². The molecule has 0 radical (unpaired) electrons. The van der Waals surface area contributed by atoms with Crippen LogP contribution in [0.3, 0.4) is 0 Å². The average Bonchev–Trinajstić information content (AvgIpc) is 3.40. The molecule has 4 atom stereocenters. The van der Waals surface area contributed by atoms with Gasteiger partial charge in [-0.2, -0.15) is 0 Å². The number of rotatable bonds is 14. The van der Waals surface area contributed by atoms with E-state index in [1.807, 2.05) is 58.0 Å². The molecule has 0 fully saturated rings. The van der Waals surface area contributed by atoms with Crippen molar-refractivity contribution in [2.24, 2.45) is 11.8 Å². The predicted octanol–water partition coefficient (Wildman–Crippen LogP) is 6.69. The molecule has 11 heteroatoms. The zero-order valence-corrected chi connectivity index (χ0v) is 29.4. The lowest BCUT2D eigenvalue weighted by Crippen LogP contribution is -2.44. The van der Waals surface area contributed by atoms with E-state index >= 15 is 0 Å². The van der Waals surface area contributed by atoms with Crippen molar-refractivity contribution in [2.45, 2.75) is 111 Å². The molecular weight excluding hydrogens is 594 g/mol. The Morgan fingerprint density at radius 1 is 1.00 bits per heavy atom. The third kappa shape index (κ3) is 11.8. The summed E-state index contributed by atoms with van der Waals surface area (Å²) in [6.07, 6.45) is -0.0965. The molecule has 1 N–H and O–H groups in total. The number of benzene rings is 1. The molecule has 45 heavy (non-hydrogen) atoms. The molecule has 1 heterocycles. The largest absolute Gasteiger partial charge is 0.469 e. The van der Waals surface area contributed by atoms with Crippen molar-refractivity contribution in [3.05, 3.63) is 51.5 Å². The first-order valence-corrected chi connectivity index (χ1v) is 16.3. The van der Waals surface area contributed by atoms with E-state index in [4.69, 9.17) is 19.2 Å². The quantitative estimate of drug-likeness (QED) is 0.178. The number of aromatic nitrogens is 1. The Hall–Kier alpha value is -3.47. The molecule has 10 nitrogen and oxygen atoms in total. The fraction of sp³-hybridized carbons (Fsp3) is 0.618. The number of methoxy groups -OCH3 is 1. The second-order valence-electron chi connectivity index (χ2n) is 13.2. The SMILES string of the molecule is COC(=O)[C@@H](C)C[C@H](Cc1ccccc1)NC(=O)c1nc([C@@H](C[C@H](C(C)C)N(C)C(=O)OC(C)(C)C)OC(C)=O)sc1C(C)C. The zero-order chi connectivity index (χ0) is 34.1. The van der Waals surface area contributed by atoms with Crippen LogP contribution in [0.1, 0.15) is 113 Å². The Kier molecular flexibility index (Phi) is 14.0. The first kappa shape index (κ1) is 37.7. The zero-order valence-electron chi connectivity index (χ0n) is 28.6. The Labute approximate surface area is 272 Å². The van der Waals surface area contributed by atoms with Gasteiger partial charge in [-0.3, -0.25) is 14.4 Å². The van der Waals surface area contributed by atoms with Crippen LogP contribution in [0.25, 0.3) is 0 Å². The van der Waals surface area contributed by atoms with Crippen molar-refractivity contribution in [1.82, 2.24) is 15.2 Å². The maximum atomic E-state index is 13.9. The van der Waals surface area contributed by atoms with Crippen LogP contribution in [0.15, 0.2) is 30.3 Å². The summed E-state index contributed by atoms with van der Waals surface area (Å²) in [7, 11) is 3.02. The van der Waals surface area contributed by atoms with Gasteiger partial charge < -0.3 is 24.4 Å². The van der Waals surface area contributed by atoms with Crippen LogP contribution in [-0.2, 0) is 30.2 Å². The normalized spacial score (nSPS) is 14.3. The molecule has 0 bridgehead atoms.